The average molecular weight is 630 g/mol. The Balaban J connectivity index is 2.12. The lowest BCUT2D eigenvalue weighted by Gasteiger charge is -2.35. The van der Waals surface area contributed by atoms with Crippen LogP contribution in [0.2, 0.25) is 0 Å². The summed E-state index contributed by atoms with van der Waals surface area (Å²) < 4.78 is 79.6. The maximum absolute atomic E-state index is 14.9. The molecular weight excluding hydrogens is 596 g/mol. The number of nitrogens with one attached hydrogen (secondary N) is 1. The Kier molecular flexibility index (Phi) is 10.6. The van der Waals surface area contributed by atoms with Crippen molar-refractivity contribution in [2.75, 3.05) is 32.1 Å². The van der Waals surface area contributed by atoms with Gasteiger partial charge >= 0.3 is 12.1 Å². The van der Waals surface area contributed by atoms with E-state index in [0.717, 1.165) is 0 Å². The normalized spacial score (nSPS) is 18.1. The zero-order chi connectivity index (χ0) is 31.4. The molecule has 2 aromatic rings. The molecule has 0 bridgehead atoms. The smallest absolute Gasteiger partial charge is 0.414 e. The molecule has 3 atom stereocenters. The molecule has 0 radical (unpaired) electrons. The quantitative estimate of drug-likeness (QED) is 0.343. The SMILES string of the molecule is CN(C)C(=O)Oc1ccc(C[C@@H](C(=O)OC(C)(C)C)N(C(=O)C2C[S+]([O-])CCN2)S(=O)(=O)c2ccc(F)cc2F)cc1. The van der Waals surface area contributed by atoms with Crippen LogP contribution in [0.4, 0.5) is 13.6 Å². The number of esters is 1. The number of hydrogen-bond donors (Lipinski definition) is 1. The predicted octanol–water partition coefficient (Wildman–Crippen LogP) is 2.22. The standard InChI is InChI=1S/C27H33F2N3O8S2/c1-27(2,3)40-25(34)22(14-17-6-9-19(10-7-17)39-26(35)31(4)5)32(24(33)21-16-41(36)13-12-30-21)42(37,38)23-11-8-18(28)15-20(23)29/h6-11,15,21-22,30H,12-14,16H2,1-5H3/t21?,22-,41?/m0/s1. The van der Waals surface area contributed by atoms with Crippen molar-refractivity contribution in [3.05, 3.63) is 59.7 Å². The number of carbonyl (C=O) groups excluding carboxylic acids is 3. The summed E-state index contributed by atoms with van der Waals surface area (Å²) in [5.74, 6) is -4.64. The van der Waals surface area contributed by atoms with Crippen LogP contribution >= 0.6 is 0 Å². The second-order valence-corrected chi connectivity index (χ2v) is 14.1. The molecule has 15 heteroatoms. The van der Waals surface area contributed by atoms with Crippen LogP contribution in [-0.4, -0.2) is 90.0 Å². The zero-order valence-corrected chi connectivity index (χ0v) is 25.4. The zero-order valence-electron chi connectivity index (χ0n) is 23.8. The summed E-state index contributed by atoms with van der Waals surface area (Å²) >= 11 is -1.46. The number of benzene rings is 2. The first-order chi connectivity index (χ1) is 19.5. The molecular formula is C27H33F2N3O8S2. The number of rotatable bonds is 8. The molecule has 0 aromatic heterocycles. The Morgan fingerprint density at radius 3 is 2.31 bits per heavy atom. The van der Waals surface area contributed by atoms with E-state index >= 15 is 0 Å². The molecule has 1 heterocycles. The van der Waals surface area contributed by atoms with Crippen molar-refractivity contribution < 1.29 is 45.6 Å². The molecule has 1 aliphatic rings. The Morgan fingerprint density at radius 2 is 1.76 bits per heavy atom. The highest BCUT2D eigenvalue weighted by Gasteiger charge is 2.46. The molecule has 42 heavy (non-hydrogen) atoms. The van der Waals surface area contributed by atoms with E-state index in [1.807, 2.05) is 0 Å². The van der Waals surface area contributed by atoms with Gasteiger partial charge in [0.25, 0.3) is 15.9 Å². The molecule has 1 saturated heterocycles. The lowest BCUT2D eigenvalue weighted by Crippen LogP contribution is -2.60. The molecule has 230 valence electrons. The Hall–Kier alpha value is -3.27. The number of amides is 2. The van der Waals surface area contributed by atoms with E-state index in [2.05, 4.69) is 5.32 Å². The first-order valence-corrected chi connectivity index (χ1v) is 15.7. The highest BCUT2D eigenvalue weighted by molar-refractivity contribution is 7.91. The molecule has 0 aliphatic carbocycles. The van der Waals surface area contributed by atoms with Crippen molar-refractivity contribution in [2.24, 2.45) is 0 Å². The van der Waals surface area contributed by atoms with E-state index in [0.29, 0.717) is 23.8 Å². The topological polar surface area (TPSA) is 145 Å². The fraction of sp³-hybridized carbons (Fsp3) is 0.444. The number of halogens is 2. The van der Waals surface area contributed by atoms with Gasteiger partial charge in [0.1, 0.15) is 51.5 Å². The van der Waals surface area contributed by atoms with Gasteiger partial charge in [0.2, 0.25) is 0 Å². The highest BCUT2D eigenvalue weighted by Crippen LogP contribution is 2.27. The van der Waals surface area contributed by atoms with Gasteiger partial charge in [-0.1, -0.05) is 23.3 Å². The summed E-state index contributed by atoms with van der Waals surface area (Å²) in [6, 6.07) is 4.32. The van der Waals surface area contributed by atoms with Crippen molar-refractivity contribution in [2.45, 2.75) is 49.8 Å². The number of sulfonamides is 1. The summed E-state index contributed by atoms with van der Waals surface area (Å²) in [7, 11) is -2.15. The van der Waals surface area contributed by atoms with Gasteiger partial charge in [0.05, 0.1) is 0 Å². The Morgan fingerprint density at radius 1 is 1.12 bits per heavy atom. The van der Waals surface area contributed by atoms with Crippen molar-refractivity contribution >= 4 is 39.2 Å². The van der Waals surface area contributed by atoms with Crippen molar-refractivity contribution in [3.8, 4) is 5.75 Å². The summed E-state index contributed by atoms with van der Waals surface area (Å²) in [6.45, 7) is 4.76. The molecule has 1 fully saturated rings. The van der Waals surface area contributed by atoms with Gasteiger partial charge < -0.3 is 18.9 Å². The van der Waals surface area contributed by atoms with E-state index in [4.69, 9.17) is 9.47 Å². The van der Waals surface area contributed by atoms with Gasteiger partial charge in [-0.15, -0.1) is 0 Å². The van der Waals surface area contributed by atoms with Crippen LogP contribution in [0.5, 0.6) is 5.75 Å². The summed E-state index contributed by atoms with van der Waals surface area (Å²) in [4.78, 5) is 39.5. The third-order valence-electron chi connectivity index (χ3n) is 5.90. The van der Waals surface area contributed by atoms with Gasteiger partial charge in [-0.05, 0) is 50.6 Å². The minimum Gasteiger partial charge on any atom is -0.616 e. The van der Waals surface area contributed by atoms with Crippen molar-refractivity contribution in [1.29, 1.82) is 0 Å². The van der Waals surface area contributed by atoms with E-state index in [1.54, 1.807) is 20.8 Å². The third kappa shape index (κ3) is 8.40. The molecule has 0 spiro atoms. The molecule has 2 unspecified atom stereocenters. The lowest BCUT2D eigenvalue weighted by atomic mass is 10.0. The number of carbonyl (C=O) groups is 3. The predicted molar refractivity (Wildman–Crippen MR) is 150 cm³/mol. The second kappa shape index (κ2) is 13.4. The maximum atomic E-state index is 14.9. The molecule has 3 rings (SSSR count). The van der Waals surface area contributed by atoms with Crippen LogP contribution in [0.15, 0.2) is 47.4 Å². The summed E-state index contributed by atoms with van der Waals surface area (Å²) in [6.07, 6.45) is -1.06. The Labute approximate surface area is 246 Å². The molecule has 1 aliphatic heterocycles. The van der Waals surface area contributed by atoms with Crippen LogP contribution < -0.4 is 10.1 Å². The fourth-order valence-electron chi connectivity index (χ4n) is 3.96. The summed E-state index contributed by atoms with van der Waals surface area (Å²) in [5, 5.41) is 2.81. The lowest BCUT2D eigenvalue weighted by molar-refractivity contribution is -0.162. The van der Waals surface area contributed by atoms with Gasteiger partial charge in [-0.3, -0.25) is 10.1 Å². The largest absolute Gasteiger partial charge is 0.616 e. The first kappa shape index (κ1) is 33.2. The van der Waals surface area contributed by atoms with Gasteiger partial charge in [-0.25, -0.2) is 31.1 Å². The van der Waals surface area contributed by atoms with Gasteiger partial charge in [-0.2, -0.15) is 0 Å². The van der Waals surface area contributed by atoms with Crippen molar-refractivity contribution in [1.82, 2.24) is 14.5 Å². The number of ether oxygens (including phenoxy) is 2. The van der Waals surface area contributed by atoms with Gasteiger partial charge in [0, 0.05) is 33.1 Å². The molecule has 2 amide bonds. The van der Waals surface area contributed by atoms with E-state index in [9.17, 15) is 36.1 Å². The van der Waals surface area contributed by atoms with E-state index < -0.39 is 79.8 Å². The summed E-state index contributed by atoms with van der Waals surface area (Å²) in [5.41, 5.74) is -0.771. The van der Waals surface area contributed by atoms with Crippen LogP contribution in [0.25, 0.3) is 0 Å². The molecule has 11 nitrogen and oxygen atoms in total. The average Bonchev–Trinajstić information content (AvgIpc) is 2.87. The molecule has 1 N–H and O–H groups in total. The number of hydrogen-bond acceptors (Lipinski definition) is 9. The van der Waals surface area contributed by atoms with Crippen LogP contribution in [-0.2, 0) is 41.9 Å². The van der Waals surface area contributed by atoms with Gasteiger partial charge in [0.15, 0.2) is 0 Å². The fourth-order valence-corrected chi connectivity index (χ4v) is 6.72. The van der Waals surface area contributed by atoms with Crippen LogP contribution in [0.1, 0.15) is 26.3 Å². The van der Waals surface area contributed by atoms with E-state index in [-0.39, 0.29) is 28.1 Å². The Bertz CT molecular complexity index is 1420. The minimum absolute atomic E-state index is 0.131. The highest BCUT2D eigenvalue weighted by atomic mass is 32.2. The monoisotopic (exact) mass is 629 g/mol. The second-order valence-electron chi connectivity index (χ2n) is 10.7. The van der Waals surface area contributed by atoms with Crippen LogP contribution in [0, 0.1) is 11.6 Å². The maximum Gasteiger partial charge on any atom is 0.414 e. The minimum atomic E-state index is -5.14. The number of nitrogens with zero attached hydrogens (tertiary/aromatic N) is 2. The first-order valence-electron chi connectivity index (χ1n) is 12.8. The third-order valence-corrected chi connectivity index (χ3v) is 9.11. The van der Waals surface area contributed by atoms with Crippen molar-refractivity contribution in [3.63, 3.8) is 0 Å². The molecule has 0 saturated carbocycles. The van der Waals surface area contributed by atoms with Crippen LogP contribution in [0.3, 0.4) is 0 Å². The van der Waals surface area contributed by atoms with E-state index in [1.165, 1.54) is 43.3 Å². The molecule has 2 aromatic carbocycles.